The average molecular weight is 224 g/mol. The van der Waals surface area contributed by atoms with Crippen LogP contribution in [0.3, 0.4) is 0 Å². The highest BCUT2D eigenvalue weighted by Gasteiger charge is 2.51. The monoisotopic (exact) mass is 224 g/mol. The van der Waals surface area contributed by atoms with E-state index in [1.165, 1.54) is 25.7 Å². The second-order valence-corrected chi connectivity index (χ2v) is 5.73. The first kappa shape index (κ1) is 11.9. The fraction of sp³-hybridized carbons (Fsp3) is 0.923. The predicted molar refractivity (Wildman–Crippen MR) is 64.9 cm³/mol. The normalized spacial score (nSPS) is 32.2. The lowest BCUT2D eigenvalue weighted by Crippen LogP contribution is -2.47. The maximum Gasteiger partial charge on any atom is 0.230 e. The Morgan fingerprint density at radius 3 is 2.50 bits per heavy atom. The number of carbonyl (C=O) groups excluding carboxylic acids is 1. The number of carbonyl (C=O) groups is 1. The summed E-state index contributed by atoms with van der Waals surface area (Å²) in [6.07, 6.45) is 7.01. The van der Waals surface area contributed by atoms with Gasteiger partial charge in [0.1, 0.15) is 0 Å². The summed E-state index contributed by atoms with van der Waals surface area (Å²) in [5.74, 6) is 0.949. The SMILES string of the molecule is CC1CCCCC1N(C)C(=O)C1(CN)CC1. The molecule has 0 radical (unpaired) electrons. The van der Waals surface area contributed by atoms with E-state index in [0.29, 0.717) is 24.4 Å². The van der Waals surface area contributed by atoms with Crippen LogP contribution in [-0.2, 0) is 4.79 Å². The van der Waals surface area contributed by atoms with Crippen LogP contribution >= 0.6 is 0 Å². The molecule has 2 aliphatic rings. The molecule has 0 spiro atoms. The minimum atomic E-state index is -0.175. The minimum absolute atomic E-state index is 0.175. The maximum absolute atomic E-state index is 12.3. The molecule has 0 aromatic rings. The van der Waals surface area contributed by atoms with Crippen molar-refractivity contribution < 1.29 is 4.79 Å². The molecule has 0 aromatic heterocycles. The predicted octanol–water partition coefficient (Wildman–Crippen LogP) is 1.76. The van der Waals surface area contributed by atoms with E-state index in [4.69, 9.17) is 5.73 Å². The molecule has 0 aromatic carbocycles. The summed E-state index contributed by atoms with van der Waals surface area (Å²) in [5.41, 5.74) is 5.55. The number of nitrogens with zero attached hydrogens (tertiary/aromatic N) is 1. The first-order valence-electron chi connectivity index (χ1n) is 6.58. The standard InChI is InChI=1S/C13H24N2O/c1-10-5-3-4-6-11(10)15(2)12(16)13(9-14)7-8-13/h10-11H,3-9,14H2,1-2H3. The third kappa shape index (κ3) is 1.97. The molecule has 1 amide bonds. The van der Waals surface area contributed by atoms with Crippen molar-refractivity contribution in [1.82, 2.24) is 4.90 Å². The topological polar surface area (TPSA) is 46.3 Å². The van der Waals surface area contributed by atoms with Gasteiger partial charge in [0.2, 0.25) is 5.91 Å². The highest BCUT2D eigenvalue weighted by atomic mass is 16.2. The Labute approximate surface area is 98.4 Å². The van der Waals surface area contributed by atoms with Crippen LogP contribution in [0.1, 0.15) is 45.4 Å². The van der Waals surface area contributed by atoms with E-state index in [9.17, 15) is 4.79 Å². The molecule has 2 fully saturated rings. The second-order valence-electron chi connectivity index (χ2n) is 5.73. The van der Waals surface area contributed by atoms with E-state index in [1.807, 2.05) is 11.9 Å². The van der Waals surface area contributed by atoms with Crippen LogP contribution in [-0.4, -0.2) is 30.4 Å². The Morgan fingerprint density at radius 2 is 2.00 bits per heavy atom. The van der Waals surface area contributed by atoms with Crippen LogP contribution in [0.5, 0.6) is 0 Å². The van der Waals surface area contributed by atoms with Crippen LogP contribution in [0.2, 0.25) is 0 Å². The van der Waals surface area contributed by atoms with E-state index < -0.39 is 0 Å². The largest absolute Gasteiger partial charge is 0.342 e. The minimum Gasteiger partial charge on any atom is -0.342 e. The van der Waals surface area contributed by atoms with Gasteiger partial charge in [0.15, 0.2) is 0 Å². The van der Waals surface area contributed by atoms with Gasteiger partial charge in [-0.2, -0.15) is 0 Å². The fourth-order valence-electron chi connectivity index (χ4n) is 3.05. The summed E-state index contributed by atoms with van der Waals surface area (Å²) >= 11 is 0. The molecule has 0 bridgehead atoms. The van der Waals surface area contributed by atoms with E-state index in [2.05, 4.69) is 6.92 Å². The van der Waals surface area contributed by atoms with Crippen LogP contribution in [0.4, 0.5) is 0 Å². The van der Waals surface area contributed by atoms with Crippen molar-refractivity contribution in [3.05, 3.63) is 0 Å². The summed E-state index contributed by atoms with van der Waals surface area (Å²) < 4.78 is 0. The van der Waals surface area contributed by atoms with Gasteiger partial charge in [-0.1, -0.05) is 19.8 Å². The van der Waals surface area contributed by atoms with Crippen LogP contribution in [0.15, 0.2) is 0 Å². The van der Waals surface area contributed by atoms with Gasteiger partial charge in [0.25, 0.3) is 0 Å². The maximum atomic E-state index is 12.3. The first-order valence-corrected chi connectivity index (χ1v) is 6.58. The van der Waals surface area contributed by atoms with Gasteiger partial charge >= 0.3 is 0 Å². The number of rotatable bonds is 3. The lowest BCUT2D eigenvalue weighted by molar-refractivity contribution is -0.139. The molecule has 92 valence electrons. The fourth-order valence-corrected chi connectivity index (χ4v) is 3.05. The third-order valence-corrected chi connectivity index (χ3v) is 4.58. The Hall–Kier alpha value is -0.570. The van der Waals surface area contributed by atoms with Gasteiger partial charge < -0.3 is 10.6 Å². The second kappa shape index (κ2) is 4.36. The van der Waals surface area contributed by atoms with Crippen LogP contribution in [0.25, 0.3) is 0 Å². The van der Waals surface area contributed by atoms with Crippen molar-refractivity contribution in [1.29, 1.82) is 0 Å². The van der Waals surface area contributed by atoms with Gasteiger partial charge in [-0.3, -0.25) is 4.79 Å². The Bertz CT molecular complexity index is 273. The Kier molecular flexibility index (Phi) is 3.24. The molecule has 3 heteroatoms. The molecule has 16 heavy (non-hydrogen) atoms. The van der Waals surface area contributed by atoms with Gasteiger partial charge in [0, 0.05) is 19.6 Å². The molecule has 2 unspecified atom stereocenters. The highest BCUT2D eigenvalue weighted by Crippen LogP contribution is 2.46. The number of hydrogen-bond acceptors (Lipinski definition) is 2. The van der Waals surface area contributed by atoms with Crippen LogP contribution in [0, 0.1) is 11.3 Å². The molecule has 3 nitrogen and oxygen atoms in total. The molecular weight excluding hydrogens is 200 g/mol. The quantitative estimate of drug-likeness (QED) is 0.794. The molecule has 2 aliphatic carbocycles. The van der Waals surface area contributed by atoms with Gasteiger partial charge in [-0.25, -0.2) is 0 Å². The van der Waals surface area contributed by atoms with Crippen molar-refractivity contribution in [2.24, 2.45) is 17.1 Å². The first-order chi connectivity index (χ1) is 7.60. The zero-order valence-electron chi connectivity index (χ0n) is 10.5. The molecule has 0 heterocycles. The molecule has 2 rings (SSSR count). The summed E-state index contributed by atoms with van der Waals surface area (Å²) in [5, 5.41) is 0. The number of amides is 1. The zero-order chi connectivity index (χ0) is 11.8. The molecule has 0 saturated heterocycles. The molecule has 2 atom stereocenters. The zero-order valence-corrected chi connectivity index (χ0v) is 10.5. The summed E-state index contributed by atoms with van der Waals surface area (Å²) in [7, 11) is 1.98. The summed E-state index contributed by atoms with van der Waals surface area (Å²) in [4.78, 5) is 14.4. The summed E-state index contributed by atoms with van der Waals surface area (Å²) in [6, 6.07) is 0.449. The van der Waals surface area contributed by atoms with E-state index in [0.717, 1.165) is 12.8 Å². The molecule has 2 N–H and O–H groups in total. The van der Waals surface area contributed by atoms with Crippen molar-refractivity contribution >= 4 is 5.91 Å². The highest BCUT2D eigenvalue weighted by molar-refractivity contribution is 5.85. The Balaban J connectivity index is 2.00. The van der Waals surface area contributed by atoms with Crippen LogP contribution < -0.4 is 5.73 Å². The van der Waals surface area contributed by atoms with E-state index >= 15 is 0 Å². The van der Waals surface area contributed by atoms with E-state index in [-0.39, 0.29) is 5.41 Å². The number of hydrogen-bond donors (Lipinski definition) is 1. The van der Waals surface area contributed by atoms with E-state index in [1.54, 1.807) is 0 Å². The van der Waals surface area contributed by atoms with Crippen molar-refractivity contribution in [3.8, 4) is 0 Å². The Morgan fingerprint density at radius 1 is 1.38 bits per heavy atom. The van der Waals surface area contributed by atoms with Crippen molar-refractivity contribution in [2.75, 3.05) is 13.6 Å². The number of nitrogens with two attached hydrogens (primary N) is 1. The van der Waals surface area contributed by atoms with Crippen molar-refractivity contribution in [2.45, 2.75) is 51.5 Å². The van der Waals surface area contributed by atoms with Gasteiger partial charge in [-0.15, -0.1) is 0 Å². The van der Waals surface area contributed by atoms with Gasteiger partial charge in [-0.05, 0) is 31.6 Å². The molecule has 2 saturated carbocycles. The molecule has 0 aliphatic heterocycles. The lowest BCUT2D eigenvalue weighted by Gasteiger charge is -2.38. The summed E-state index contributed by atoms with van der Waals surface area (Å²) in [6.45, 7) is 2.80. The molecular formula is C13H24N2O. The van der Waals surface area contributed by atoms with Gasteiger partial charge in [0.05, 0.1) is 5.41 Å². The van der Waals surface area contributed by atoms with Crippen molar-refractivity contribution in [3.63, 3.8) is 0 Å². The lowest BCUT2D eigenvalue weighted by atomic mass is 9.84. The third-order valence-electron chi connectivity index (χ3n) is 4.58. The average Bonchev–Trinajstić information content (AvgIpc) is 3.09. The smallest absolute Gasteiger partial charge is 0.230 e.